The Bertz CT molecular complexity index is 1070. The van der Waals surface area contributed by atoms with Gasteiger partial charge in [-0.15, -0.1) is 11.3 Å². The highest BCUT2D eigenvalue weighted by Gasteiger charge is 2.36. The highest BCUT2D eigenvalue weighted by Crippen LogP contribution is 2.34. The largest absolute Gasteiger partial charge is 0.326 e. The number of carbonyl (C=O) groups is 2. The molecule has 150 valence electrons. The van der Waals surface area contributed by atoms with E-state index >= 15 is 0 Å². The fourth-order valence-electron chi connectivity index (χ4n) is 3.85. The van der Waals surface area contributed by atoms with Gasteiger partial charge in [0.25, 0.3) is 0 Å². The van der Waals surface area contributed by atoms with Gasteiger partial charge in [-0.25, -0.2) is 4.98 Å². The number of rotatable bonds is 5. The molecule has 0 radical (unpaired) electrons. The van der Waals surface area contributed by atoms with E-state index in [-0.39, 0.29) is 24.2 Å². The van der Waals surface area contributed by atoms with Gasteiger partial charge in [0.1, 0.15) is 0 Å². The number of benzene rings is 2. The van der Waals surface area contributed by atoms with Crippen LogP contribution in [0.25, 0.3) is 10.2 Å². The Balaban J connectivity index is 1.51. The van der Waals surface area contributed by atoms with E-state index in [1.54, 1.807) is 16.2 Å². The molecule has 1 fully saturated rings. The van der Waals surface area contributed by atoms with Crippen LogP contribution in [0.5, 0.6) is 0 Å². The maximum atomic E-state index is 12.9. The van der Waals surface area contributed by atoms with Gasteiger partial charge in [0.15, 0.2) is 0 Å². The molecule has 1 aromatic heterocycles. The van der Waals surface area contributed by atoms with Crippen molar-refractivity contribution in [3.8, 4) is 0 Å². The van der Waals surface area contributed by atoms with E-state index in [1.165, 1.54) is 0 Å². The Labute approximate surface area is 174 Å². The van der Waals surface area contributed by atoms with E-state index in [1.807, 2.05) is 43.3 Å². The minimum absolute atomic E-state index is 0.00874. The predicted octanol–water partition coefficient (Wildman–Crippen LogP) is 5.11. The molecule has 0 unspecified atom stereocenters. The van der Waals surface area contributed by atoms with Crippen LogP contribution >= 0.6 is 11.3 Å². The second-order valence-electron chi connectivity index (χ2n) is 7.68. The third-order valence-corrected chi connectivity index (χ3v) is 6.56. The zero-order chi connectivity index (χ0) is 20.5. The van der Waals surface area contributed by atoms with Crippen LogP contribution in [-0.2, 0) is 9.59 Å². The van der Waals surface area contributed by atoms with Gasteiger partial charge in [-0.3, -0.25) is 9.59 Å². The number of thiazole rings is 1. The van der Waals surface area contributed by atoms with E-state index in [9.17, 15) is 9.59 Å². The molecule has 3 aromatic rings. The number of aromatic nitrogens is 1. The van der Waals surface area contributed by atoms with Crippen molar-refractivity contribution < 1.29 is 9.59 Å². The summed E-state index contributed by atoms with van der Waals surface area (Å²) in [6.07, 6.45) is 1.24. The normalized spacial score (nSPS) is 17.7. The van der Waals surface area contributed by atoms with Crippen LogP contribution in [0.1, 0.15) is 43.2 Å². The molecule has 1 saturated heterocycles. The Morgan fingerprint density at radius 1 is 1.31 bits per heavy atom. The minimum atomic E-state index is -0.355. The standard InChI is InChI=1S/C23H25N3O2S/c1-4-14(2)18-7-5-6-8-20(18)26-13-16(11-22(26)27)23(28)25-17-9-10-19-21(12-17)29-15(3)24-19/h5-10,12,14,16H,4,11,13H2,1-3H3,(H,25,28)/t14-,16+/m0/s1. The van der Waals surface area contributed by atoms with Crippen molar-refractivity contribution in [2.45, 2.75) is 39.5 Å². The number of para-hydroxylation sites is 1. The molecule has 0 spiro atoms. The van der Waals surface area contributed by atoms with Crippen molar-refractivity contribution in [1.29, 1.82) is 0 Å². The van der Waals surface area contributed by atoms with E-state index in [2.05, 4.69) is 30.2 Å². The van der Waals surface area contributed by atoms with E-state index in [0.717, 1.165) is 38.6 Å². The molecule has 1 N–H and O–H groups in total. The fraction of sp³-hybridized carbons (Fsp3) is 0.348. The van der Waals surface area contributed by atoms with Gasteiger partial charge in [0.2, 0.25) is 11.8 Å². The summed E-state index contributed by atoms with van der Waals surface area (Å²) in [6.45, 7) is 6.70. The van der Waals surface area contributed by atoms with E-state index in [0.29, 0.717) is 12.5 Å². The number of fused-ring (bicyclic) bond motifs is 1. The number of nitrogens with zero attached hydrogens (tertiary/aromatic N) is 2. The average molecular weight is 408 g/mol. The third kappa shape index (κ3) is 3.90. The summed E-state index contributed by atoms with van der Waals surface area (Å²) >= 11 is 1.61. The van der Waals surface area contributed by atoms with Gasteiger partial charge < -0.3 is 10.2 Å². The molecular weight excluding hydrogens is 382 g/mol. The predicted molar refractivity (Wildman–Crippen MR) is 119 cm³/mol. The number of aryl methyl sites for hydroxylation is 1. The highest BCUT2D eigenvalue weighted by atomic mass is 32.1. The molecular formula is C23H25N3O2S. The molecule has 0 aliphatic carbocycles. The SMILES string of the molecule is CC[C@H](C)c1ccccc1N1C[C@H](C(=O)Nc2ccc3nc(C)sc3c2)CC1=O. The second-order valence-corrected chi connectivity index (χ2v) is 8.91. The zero-order valence-electron chi connectivity index (χ0n) is 16.9. The lowest BCUT2D eigenvalue weighted by Gasteiger charge is -2.23. The molecule has 1 aliphatic heterocycles. The van der Waals surface area contributed by atoms with Crippen molar-refractivity contribution in [2.24, 2.45) is 5.92 Å². The van der Waals surface area contributed by atoms with Crippen LogP contribution in [0.4, 0.5) is 11.4 Å². The molecule has 4 rings (SSSR count). The number of carbonyl (C=O) groups excluding carboxylic acids is 2. The van der Waals surface area contributed by atoms with Crippen LogP contribution in [0.15, 0.2) is 42.5 Å². The van der Waals surface area contributed by atoms with Crippen LogP contribution in [0.2, 0.25) is 0 Å². The van der Waals surface area contributed by atoms with Crippen LogP contribution in [0, 0.1) is 12.8 Å². The van der Waals surface area contributed by atoms with Crippen LogP contribution in [-0.4, -0.2) is 23.3 Å². The first-order valence-electron chi connectivity index (χ1n) is 10.0. The topological polar surface area (TPSA) is 62.3 Å². The number of hydrogen-bond donors (Lipinski definition) is 1. The lowest BCUT2D eigenvalue weighted by Crippen LogP contribution is -2.29. The summed E-state index contributed by atoms with van der Waals surface area (Å²) in [6, 6.07) is 13.8. The number of anilines is 2. The summed E-state index contributed by atoms with van der Waals surface area (Å²) in [4.78, 5) is 31.8. The number of hydrogen-bond acceptors (Lipinski definition) is 4. The summed E-state index contributed by atoms with van der Waals surface area (Å²) in [5.74, 6) is -0.0928. The maximum absolute atomic E-state index is 12.9. The highest BCUT2D eigenvalue weighted by molar-refractivity contribution is 7.18. The Morgan fingerprint density at radius 2 is 2.10 bits per heavy atom. The fourth-order valence-corrected chi connectivity index (χ4v) is 4.71. The number of nitrogens with one attached hydrogen (secondary N) is 1. The maximum Gasteiger partial charge on any atom is 0.229 e. The van der Waals surface area contributed by atoms with Crippen molar-refractivity contribution >= 4 is 44.7 Å². The quantitative estimate of drug-likeness (QED) is 0.639. The lowest BCUT2D eigenvalue weighted by atomic mass is 9.96. The molecule has 0 bridgehead atoms. The molecule has 5 nitrogen and oxygen atoms in total. The first kappa shape index (κ1) is 19.6. The van der Waals surface area contributed by atoms with Gasteiger partial charge in [-0.2, -0.15) is 0 Å². The van der Waals surface area contributed by atoms with Crippen molar-refractivity contribution in [2.75, 3.05) is 16.8 Å². The van der Waals surface area contributed by atoms with Crippen molar-refractivity contribution in [3.05, 3.63) is 53.0 Å². The molecule has 1 aliphatic rings. The average Bonchev–Trinajstić information content (AvgIpc) is 3.28. The smallest absolute Gasteiger partial charge is 0.229 e. The summed E-state index contributed by atoms with van der Waals surface area (Å²) < 4.78 is 1.05. The Morgan fingerprint density at radius 3 is 2.90 bits per heavy atom. The molecule has 2 aromatic carbocycles. The Hall–Kier alpha value is -2.73. The minimum Gasteiger partial charge on any atom is -0.326 e. The number of amides is 2. The molecule has 2 atom stereocenters. The van der Waals surface area contributed by atoms with Crippen LogP contribution in [0.3, 0.4) is 0 Å². The third-order valence-electron chi connectivity index (χ3n) is 5.63. The van der Waals surface area contributed by atoms with E-state index < -0.39 is 0 Å². The molecule has 0 saturated carbocycles. The summed E-state index contributed by atoms with van der Waals surface area (Å²) in [5, 5.41) is 3.99. The summed E-state index contributed by atoms with van der Waals surface area (Å²) in [7, 11) is 0. The second kappa shape index (κ2) is 7.95. The van der Waals surface area contributed by atoms with Crippen molar-refractivity contribution in [1.82, 2.24) is 4.98 Å². The first-order valence-corrected chi connectivity index (χ1v) is 10.8. The van der Waals surface area contributed by atoms with Crippen molar-refractivity contribution in [3.63, 3.8) is 0 Å². The Kier molecular flexibility index (Phi) is 5.37. The van der Waals surface area contributed by atoms with Gasteiger partial charge in [0.05, 0.1) is 21.1 Å². The molecule has 2 heterocycles. The van der Waals surface area contributed by atoms with Gasteiger partial charge >= 0.3 is 0 Å². The van der Waals surface area contributed by atoms with Crippen LogP contribution < -0.4 is 10.2 Å². The molecule has 29 heavy (non-hydrogen) atoms. The van der Waals surface area contributed by atoms with Gasteiger partial charge in [0, 0.05) is 24.3 Å². The van der Waals surface area contributed by atoms with Gasteiger partial charge in [-0.05, 0) is 49.1 Å². The molecule has 2 amide bonds. The lowest BCUT2D eigenvalue weighted by molar-refractivity contribution is -0.122. The summed E-state index contributed by atoms with van der Waals surface area (Å²) in [5.41, 5.74) is 3.78. The monoisotopic (exact) mass is 407 g/mol. The first-order chi connectivity index (χ1) is 14.0. The van der Waals surface area contributed by atoms with Gasteiger partial charge in [-0.1, -0.05) is 32.0 Å². The molecule has 6 heteroatoms. The van der Waals surface area contributed by atoms with E-state index in [4.69, 9.17) is 0 Å². The zero-order valence-corrected chi connectivity index (χ0v) is 17.8.